The maximum Gasteiger partial charge on any atom is 0.0113 e. The lowest BCUT2D eigenvalue weighted by Crippen LogP contribution is -2.16. The van der Waals surface area contributed by atoms with Crippen LogP contribution < -0.4 is 0 Å². The normalized spacial score (nSPS) is 22.4. The second kappa shape index (κ2) is 4.86. The lowest BCUT2D eigenvalue weighted by Gasteiger charge is -2.24. The number of hydrogen-bond acceptors (Lipinski definition) is 0. The standard InChI is InChI=1S/C16H22/c1-3-4-5-8-12-16(2)13-11-14-9-6-7-10-15(14)16/h6-7,9-11,13H,3-5,8,12H2,1-2H3. The van der Waals surface area contributed by atoms with Crippen LogP contribution in [0.2, 0.25) is 0 Å². The Kier molecular flexibility index (Phi) is 3.48. The Hall–Kier alpha value is -1.04. The molecule has 0 radical (unpaired) electrons. The van der Waals surface area contributed by atoms with Crippen LogP contribution in [0.4, 0.5) is 0 Å². The second-order valence-electron chi connectivity index (χ2n) is 5.15. The van der Waals surface area contributed by atoms with Crippen molar-refractivity contribution in [3.8, 4) is 0 Å². The predicted octanol–water partition coefficient (Wildman–Crippen LogP) is 4.94. The van der Waals surface area contributed by atoms with E-state index in [4.69, 9.17) is 0 Å². The Bertz CT molecular complexity index is 375. The van der Waals surface area contributed by atoms with Crippen molar-refractivity contribution >= 4 is 6.08 Å². The van der Waals surface area contributed by atoms with Crippen molar-refractivity contribution in [3.63, 3.8) is 0 Å². The van der Waals surface area contributed by atoms with Crippen molar-refractivity contribution in [1.82, 2.24) is 0 Å². The van der Waals surface area contributed by atoms with E-state index in [0.717, 1.165) is 0 Å². The molecule has 0 bridgehead atoms. The van der Waals surface area contributed by atoms with Crippen LogP contribution >= 0.6 is 0 Å². The SMILES string of the molecule is CCCCCCC1(C)C=Cc2ccccc21. The van der Waals surface area contributed by atoms with E-state index in [1.807, 2.05) is 0 Å². The van der Waals surface area contributed by atoms with E-state index < -0.39 is 0 Å². The van der Waals surface area contributed by atoms with Gasteiger partial charge in [0.25, 0.3) is 0 Å². The van der Waals surface area contributed by atoms with Gasteiger partial charge < -0.3 is 0 Å². The highest BCUT2D eigenvalue weighted by molar-refractivity contribution is 5.64. The maximum atomic E-state index is 2.39. The first-order valence-electron chi connectivity index (χ1n) is 6.55. The van der Waals surface area contributed by atoms with Gasteiger partial charge in [0.05, 0.1) is 0 Å². The minimum atomic E-state index is 0.296. The highest BCUT2D eigenvalue weighted by Gasteiger charge is 2.28. The van der Waals surface area contributed by atoms with Crippen molar-refractivity contribution in [2.45, 2.75) is 51.4 Å². The second-order valence-corrected chi connectivity index (χ2v) is 5.15. The summed E-state index contributed by atoms with van der Waals surface area (Å²) in [7, 11) is 0. The zero-order valence-corrected chi connectivity index (χ0v) is 10.5. The van der Waals surface area contributed by atoms with E-state index in [1.54, 1.807) is 0 Å². The van der Waals surface area contributed by atoms with Crippen LogP contribution in [0.15, 0.2) is 30.3 Å². The van der Waals surface area contributed by atoms with Gasteiger partial charge in [-0.2, -0.15) is 0 Å². The predicted molar refractivity (Wildman–Crippen MR) is 71.6 cm³/mol. The van der Waals surface area contributed by atoms with Gasteiger partial charge in [-0.3, -0.25) is 0 Å². The highest BCUT2D eigenvalue weighted by Crippen LogP contribution is 2.39. The molecule has 0 heteroatoms. The van der Waals surface area contributed by atoms with Gasteiger partial charge in [0.2, 0.25) is 0 Å². The van der Waals surface area contributed by atoms with Gasteiger partial charge >= 0.3 is 0 Å². The molecule has 86 valence electrons. The van der Waals surface area contributed by atoms with Crippen LogP contribution in [-0.4, -0.2) is 0 Å². The first-order chi connectivity index (χ1) is 7.76. The quantitative estimate of drug-likeness (QED) is 0.609. The monoisotopic (exact) mass is 214 g/mol. The molecule has 1 aliphatic carbocycles. The van der Waals surface area contributed by atoms with E-state index >= 15 is 0 Å². The summed E-state index contributed by atoms with van der Waals surface area (Å²) in [5.74, 6) is 0. The minimum absolute atomic E-state index is 0.296. The number of fused-ring (bicyclic) bond motifs is 1. The lowest BCUT2D eigenvalue weighted by atomic mass is 9.80. The fraction of sp³-hybridized carbons (Fsp3) is 0.500. The van der Waals surface area contributed by atoms with Crippen LogP contribution in [-0.2, 0) is 5.41 Å². The third-order valence-electron chi connectivity index (χ3n) is 3.76. The van der Waals surface area contributed by atoms with Crippen molar-refractivity contribution < 1.29 is 0 Å². The van der Waals surface area contributed by atoms with Crippen LogP contribution in [0.3, 0.4) is 0 Å². The van der Waals surface area contributed by atoms with Gasteiger partial charge in [0.15, 0.2) is 0 Å². The topological polar surface area (TPSA) is 0 Å². The molecule has 1 aromatic rings. The summed E-state index contributed by atoms with van der Waals surface area (Å²) in [5.41, 5.74) is 3.23. The van der Waals surface area contributed by atoms with E-state index in [-0.39, 0.29) is 0 Å². The molecule has 16 heavy (non-hydrogen) atoms. The maximum absolute atomic E-state index is 2.39. The van der Waals surface area contributed by atoms with Gasteiger partial charge in [0.1, 0.15) is 0 Å². The van der Waals surface area contributed by atoms with Gasteiger partial charge in [-0.05, 0) is 17.5 Å². The van der Waals surface area contributed by atoms with Crippen molar-refractivity contribution in [2.24, 2.45) is 0 Å². The van der Waals surface area contributed by atoms with Crippen LogP contribution in [0.5, 0.6) is 0 Å². The molecule has 0 saturated carbocycles. The minimum Gasteiger partial charge on any atom is -0.0736 e. The van der Waals surface area contributed by atoms with Crippen LogP contribution in [0.1, 0.15) is 57.1 Å². The average molecular weight is 214 g/mol. The average Bonchev–Trinajstić information content (AvgIpc) is 2.64. The summed E-state index contributed by atoms with van der Waals surface area (Å²) in [4.78, 5) is 0. The van der Waals surface area contributed by atoms with E-state index in [9.17, 15) is 0 Å². The van der Waals surface area contributed by atoms with Gasteiger partial charge in [-0.15, -0.1) is 0 Å². The molecule has 1 unspecified atom stereocenters. The third kappa shape index (κ3) is 2.21. The molecule has 1 atom stereocenters. The molecule has 1 aromatic carbocycles. The van der Waals surface area contributed by atoms with Crippen molar-refractivity contribution in [2.75, 3.05) is 0 Å². The van der Waals surface area contributed by atoms with E-state index in [0.29, 0.717) is 5.41 Å². The summed E-state index contributed by atoms with van der Waals surface area (Å²) in [6.45, 7) is 4.65. The van der Waals surface area contributed by atoms with Crippen LogP contribution in [0.25, 0.3) is 6.08 Å². The first-order valence-corrected chi connectivity index (χ1v) is 6.55. The summed E-state index contributed by atoms with van der Waals surface area (Å²) in [6.07, 6.45) is 11.4. The molecular formula is C16H22. The lowest BCUT2D eigenvalue weighted by molar-refractivity contribution is 0.498. The third-order valence-corrected chi connectivity index (χ3v) is 3.76. The van der Waals surface area contributed by atoms with E-state index in [1.165, 1.54) is 43.2 Å². The first kappa shape index (κ1) is 11.4. The summed E-state index contributed by atoms with van der Waals surface area (Å²) in [5, 5.41) is 0. The van der Waals surface area contributed by atoms with Gasteiger partial charge in [0, 0.05) is 5.41 Å². The smallest absolute Gasteiger partial charge is 0.0113 e. The van der Waals surface area contributed by atoms with E-state index in [2.05, 4.69) is 50.3 Å². The number of hydrogen-bond donors (Lipinski definition) is 0. The molecule has 0 nitrogen and oxygen atoms in total. The summed E-state index contributed by atoms with van der Waals surface area (Å²) in [6, 6.07) is 8.81. The fourth-order valence-corrected chi connectivity index (χ4v) is 2.66. The Balaban J connectivity index is 2.02. The summed E-state index contributed by atoms with van der Waals surface area (Å²) < 4.78 is 0. The van der Waals surface area contributed by atoms with Crippen molar-refractivity contribution in [3.05, 3.63) is 41.5 Å². The molecule has 0 fully saturated rings. The van der Waals surface area contributed by atoms with Gasteiger partial charge in [-0.25, -0.2) is 0 Å². The molecule has 0 aromatic heterocycles. The Labute approximate surface area is 99.4 Å². The fourth-order valence-electron chi connectivity index (χ4n) is 2.66. The molecule has 2 rings (SSSR count). The summed E-state index contributed by atoms with van der Waals surface area (Å²) >= 11 is 0. The molecule has 0 spiro atoms. The molecule has 0 amide bonds. The molecule has 0 N–H and O–H groups in total. The van der Waals surface area contributed by atoms with Crippen LogP contribution in [0, 0.1) is 0 Å². The number of allylic oxidation sites excluding steroid dienone is 1. The zero-order chi connectivity index (χ0) is 11.4. The molecular weight excluding hydrogens is 192 g/mol. The molecule has 0 heterocycles. The molecule has 1 aliphatic rings. The van der Waals surface area contributed by atoms with Crippen molar-refractivity contribution in [1.29, 1.82) is 0 Å². The Morgan fingerprint density at radius 3 is 2.69 bits per heavy atom. The Morgan fingerprint density at radius 2 is 1.88 bits per heavy atom. The zero-order valence-electron chi connectivity index (χ0n) is 10.5. The highest BCUT2D eigenvalue weighted by atomic mass is 14.3. The number of unbranched alkanes of at least 4 members (excludes halogenated alkanes) is 3. The molecule has 0 aliphatic heterocycles. The number of rotatable bonds is 5. The molecule has 0 saturated heterocycles. The number of benzene rings is 1. The van der Waals surface area contributed by atoms with Gasteiger partial charge in [-0.1, -0.05) is 75.9 Å². The largest absolute Gasteiger partial charge is 0.0736 e. The Morgan fingerprint density at radius 1 is 1.06 bits per heavy atom.